The molecule has 14 heteroatoms. The van der Waals surface area contributed by atoms with Gasteiger partial charge in [0, 0.05) is 0 Å². The molecule has 2 heterocycles. The lowest BCUT2D eigenvalue weighted by Gasteiger charge is -2.65. The summed E-state index contributed by atoms with van der Waals surface area (Å²) in [5, 5.41) is 107. The average Bonchev–Trinajstić information content (AvgIpc) is 3.71. The van der Waals surface area contributed by atoms with Crippen molar-refractivity contribution in [2.24, 2.45) is 50.7 Å². The molecule has 0 aromatic carbocycles. The first kappa shape index (κ1) is 42.6. The first-order valence-corrected chi connectivity index (χ1v) is 20.9. The van der Waals surface area contributed by atoms with Crippen LogP contribution in [0.2, 0.25) is 0 Å². The maximum atomic E-state index is 12.0. The van der Waals surface area contributed by atoms with Gasteiger partial charge in [-0.2, -0.15) is 0 Å². The minimum Gasteiger partial charge on any atom is -0.394 e. The number of hydrogen-bond acceptors (Lipinski definition) is 14. The van der Waals surface area contributed by atoms with Crippen LogP contribution in [0.4, 0.5) is 0 Å². The molecule has 0 aromatic heterocycles. The Morgan fingerprint density at radius 1 is 0.782 bits per heavy atom. The highest BCUT2D eigenvalue weighted by Crippen LogP contribution is 2.89. The third-order valence-corrected chi connectivity index (χ3v) is 17.3. The Kier molecular flexibility index (Phi) is 11.1. The summed E-state index contributed by atoms with van der Waals surface area (Å²) in [5.74, 6) is 0.0163. The quantitative estimate of drug-likeness (QED) is 0.136. The normalized spacial score (nSPS) is 54.4. The van der Waals surface area contributed by atoms with Gasteiger partial charge in [0.25, 0.3) is 0 Å². The zero-order chi connectivity index (χ0) is 40.4. The fraction of sp³-hybridized carbons (Fsp3) is 1.00. The van der Waals surface area contributed by atoms with E-state index in [9.17, 15) is 51.1 Å². The summed E-state index contributed by atoms with van der Waals surface area (Å²) >= 11 is 0. The van der Waals surface area contributed by atoms with E-state index in [1.165, 1.54) is 0 Å². The fourth-order valence-electron chi connectivity index (χ4n) is 14.2. The van der Waals surface area contributed by atoms with Gasteiger partial charge in [-0.25, -0.2) is 0 Å². The van der Waals surface area contributed by atoms with Crippen LogP contribution in [0.15, 0.2) is 0 Å². The Hall–Kier alpha value is -0.560. The van der Waals surface area contributed by atoms with Crippen molar-refractivity contribution in [3.05, 3.63) is 0 Å². The smallest absolute Gasteiger partial charge is 0.186 e. The van der Waals surface area contributed by atoms with Crippen molar-refractivity contribution < 1.29 is 70.0 Å². The van der Waals surface area contributed by atoms with Crippen LogP contribution in [0.5, 0.6) is 0 Å². The first-order valence-electron chi connectivity index (χ1n) is 20.9. The van der Waals surface area contributed by atoms with Crippen molar-refractivity contribution in [2.75, 3.05) is 13.2 Å². The van der Waals surface area contributed by atoms with Gasteiger partial charge in [0.2, 0.25) is 0 Å². The van der Waals surface area contributed by atoms with Crippen molar-refractivity contribution >= 4 is 0 Å². The lowest BCUT2D eigenvalue weighted by atomic mass is 9.41. The summed E-state index contributed by atoms with van der Waals surface area (Å²) in [6.45, 7) is 13.5. The highest BCUT2D eigenvalue weighted by Gasteiger charge is 2.84. The third kappa shape index (κ3) is 6.33. The lowest BCUT2D eigenvalue weighted by Crippen LogP contribution is -2.65. The van der Waals surface area contributed by atoms with Gasteiger partial charge < -0.3 is 70.0 Å². The van der Waals surface area contributed by atoms with E-state index in [4.69, 9.17) is 18.9 Å². The minimum atomic E-state index is -1.60. The van der Waals surface area contributed by atoms with E-state index in [1.54, 1.807) is 13.8 Å². The summed E-state index contributed by atoms with van der Waals surface area (Å²) < 4.78 is 25.1. The molecule has 55 heavy (non-hydrogen) atoms. The monoisotopic (exact) mass is 786 g/mol. The van der Waals surface area contributed by atoms with Gasteiger partial charge in [-0.05, 0) is 122 Å². The van der Waals surface area contributed by atoms with Crippen molar-refractivity contribution in [3.8, 4) is 0 Å². The molecule has 318 valence electrons. The minimum absolute atomic E-state index is 0.0301. The van der Waals surface area contributed by atoms with Crippen LogP contribution in [-0.4, -0.2) is 150 Å². The van der Waals surface area contributed by atoms with E-state index in [0.29, 0.717) is 32.1 Å². The second-order valence-corrected chi connectivity index (χ2v) is 20.7. The molecule has 0 amide bonds. The molecule has 7 aliphatic rings. The van der Waals surface area contributed by atoms with E-state index in [-0.39, 0.29) is 51.9 Å². The number of hydrogen-bond donors (Lipinski definition) is 10. The van der Waals surface area contributed by atoms with Gasteiger partial charge in [0.05, 0.1) is 43.2 Å². The number of rotatable bonds is 10. The summed E-state index contributed by atoms with van der Waals surface area (Å²) in [5.41, 5.74) is -2.64. The van der Waals surface area contributed by atoms with E-state index in [1.807, 2.05) is 0 Å². The number of fused-ring (bicyclic) bond motifs is 2. The SMILES string of the molecule is C[C@H](CC[C@@H](O)C(C)(C)O)[C@H]1[C@@H](O)C[C@]2(C)[C@H]3C[C@H](O[C@H]4O[C@@H](CO)[C@H](O)[C@@H](O)[C@H]4O)[C@H]4C(C)(C)[C@@H](O[C@H]5OC[C@@H](O)[C@@H](O)[C@@H]5O)CC[C@@]45C[C@@]35CC[C@]12C. The van der Waals surface area contributed by atoms with Crippen LogP contribution in [0.25, 0.3) is 0 Å². The molecule has 14 nitrogen and oxygen atoms in total. The van der Waals surface area contributed by atoms with Crippen molar-refractivity contribution in [2.45, 2.75) is 192 Å². The number of ether oxygens (including phenoxy) is 4. The van der Waals surface area contributed by atoms with Crippen LogP contribution in [0, 0.1) is 50.7 Å². The molecule has 7 fully saturated rings. The average molecular weight is 787 g/mol. The molecule has 0 radical (unpaired) electrons. The fourth-order valence-corrected chi connectivity index (χ4v) is 14.2. The van der Waals surface area contributed by atoms with Crippen molar-refractivity contribution in [1.29, 1.82) is 0 Å². The molecule has 2 saturated heterocycles. The van der Waals surface area contributed by atoms with Gasteiger partial charge in [0.15, 0.2) is 12.6 Å². The predicted molar refractivity (Wildman–Crippen MR) is 196 cm³/mol. The van der Waals surface area contributed by atoms with Crippen molar-refractivity contribution in [1.82, 2.24) is 0 Å². The third-order valence-electron chi connectivity index (χ3n) is 17.3. The summed E-state index contributed by atoms with van der Waals surface area (Å²) in [4.78, 5) is 0. The van der Waals surface area contributed by atoms with Crippen LogP contribution in [-0.2, 0) is 18.9 Å². The standard InChI is InChI=1S/C41H70O14/c1-19(8-9-25(45)37(4,5)51)27-20(43)15-39(7)24-14-22(53-35-32(50)30(48)29(47)23(16-42)54-35)33-36(2,3)26(55-34-31(49)28(46)21(44)17-52-34)10-11-41(33)18-40(24,41)13-12-38(27,39)6/h19-35,42-51H,8-18H2,1-7H3/t19-,20+,21-,22+,23+,24-,25-,26+,27+,28-,29+,30-,31+,32-,33+,34-,35+,38-,39-,40+,41-/m1/s1. The summed E-state index contributed by atoms with van der Waals surface area (Å²) in [6.07, 6.45) is -8.32. The van der Waals surface area contributed by atoms with Gasteiger partial charge in [-0.15, -0.1) is 0 Å². The summed E-state index contributed by atoms with van der Waals surface area (Å²) in [7, 11) is 0. The van der Waals surface area contributed by atoms with Crippen LogP contribution in [0.1, 0.15) is 106 Å². The molecule has 2 aliphatic heterocycles. The molecule has 10 N–H and O–H groups in total. The molecule has 2 spiro atoms. The van der Waals surface area contributed by atoms with Gasteiger partial charge in [-0.3, -0.25) is 0 Å². The van der Waals surface area contributed by atoms with Crippen LogP contribution in [0.3, 0.4) is 0 Å². The predicted octanol–water partition coefficient (Wildman–Crippen LogP) is 0.564. The van der Waals surface area contributed by atoms with Crippen LogP contribution >= 0.6 is 0 Å². The highest BCUT2D eigenvalue weighted by molar-refractivity contribution is 5.32. The molecule has 0 bridgehead atoms. The Morgan fingerprint density at radius 3 is 2.11 bits per heavy atom. The largest absolute Gasteiger partial charge is 0.394 e. The maximum absolute atomic E-state index is 12.0. The van der Waals surface area contributed by atoms with E-state index in [0.717, 1.165) is 25.7 Å². The maximum Gasteiger partial charge on any atom is 0.186 e. The zero-order valence-corrected chi connectivity index (χ0v) is 33.7. The Labute approximate surface area is 325 Å². The first-order chi connectivity index (χ1) is 25.5. The Bertz CT molecular complexity index is 1390. The number of aliphatic hydroxyl groups is 10. The topological polar surface area (TPSA) is 239 Å². The highest BCUT2D eigenvalue weighted by atomic mass is 16.7. The Balaban J connectivity index is 1.22. The van der Waals surface area contributed by atoms with Gasteiger partial charge >= 0.3 is 0 Å². The lowest BCUT2D eigenvalue weighted by molar-refractivity contribution is -0.338. The van der Waals surface area contributed by atoms with Crippen molar-refractivity contribution in [3.63, 3.8) is 0 Å². The van der Waals surface area contributed by atoms with Crippen LogP contribution < -0.4 is 0 Å². The van der Waals surface area contributed by atoms with E-state index < -0.39 is 97.3 Å². The summed E-state index contributed by atoms with van der Waals surface area (Å²) in [6, 6.07) is 0. The molecule has 7 rings (SSSR count). The van der Waals surface area contributed by atoms with Gasteiger partial charge in [0.1, 0.15) is 42.7 Å². The zero-order valence-electron chi connectivity index (χ0n) is 33.7. The molecule has 0 unspecified atom stereocenters. The van der Waals surface area contributed by atoms with E-state index >= 15 is 0 Å². The van der Waals surface area contributed by atoms with E-state index in [2.05, 4.69) is 34.6 Å². The molecule has 5 aliphatic carbocycles. The molecule has 0 aromatic rings. The molecular formula is C41H70O14. The molecular weight excluding hydrogens is 716 g/mol. The molecule has 5 saturated carbocycles. The molecule has 21 atom stereocenters. The second-order valence-electron chi connectivity index (χ2n) is 20.7. The second kappa shape index (κ2) is 14.3. The van der Waals surface area contributed by atoms with Gasteiger partial charge in [-0.1, -0.05) is 34.6 Å². The number of aliphatic hydroxyl groups excluding tert-OH is 9. The Morgan fingerprint density at radius 2 is 1.45 bits per heavy atom.